The average Bonchev–Trinajstić information content (AvgIpc) is 3.00. The molecule has 2 aromatic heterocycles. The second kappa shape index (κ2) is 6.92. The van der Waals surface area contributed by atoms with Gasteiger partial charge >= 0.3 is 0 Å². The van der Waals surface area contributed by atoms with Crippen LogP contribution in [-0.4, -0.2) is 38.6 Å². The Balaban J connectivity index is 1.90. The van der Waals surface area contributed by atoms with Crippen molar-refractivity contribution in [2.24, 2.45) is 0 Å². The average molecular weight is 380 g/mol. The SMILES string of the molecule is Cc1sc2nc(SCCN3C(=O)CCC3=O)n(C(C)C)c(=O)c2c1C. The predicted octanol–water partition coefficient (Wildman–Crippen LogP) is 2.90. The fourth-order valence-corrected chi connectivity index (χ4v) is 5.07. The van der Waals surface area contributed by atoms with E-state index in [-0.39, 0.29) is 23.4 Å². The summed E-state index contributed by atoms with van der Waals surface area (Å²) in [6.45, 7) is 8.23. The first-order valence-corrected chi connectivity index (χ1v) is 10.1. The summed E-state index contributed by atoms with van der Waals surface area (Å²) in [5.41, 5.74) is 0.981. The summed E-state index contributed by atoms with van der Waals surface area (Å²) in [6, 6.07) is -0.0124. The van der Waals surface area contributed by atoms with Gasteiger partial charge in [0.1, 0.15) is 4.83 Å². The molecule has 1 fully saturated rings. The molecule has 1 aliphatic rings. The van der Waals surface area contributed by atoms with Crippen molar-refractivity contribution in [1.82, 2.24) is 14.5 Å². The van der Waals surface area contributed by atoms with Crippen molar-refractivity contribution in [3.63, 3.8) is 0 Å². The second-order valence-electron chi connectivity index (χ2n) is 6.41. The first kappa shape index (κ1) is 18.1. The van der Waals surface area contributed by atoms with Crippen LogP contribution < -0.4 is 5.56 Å². The van der Waals surface area contributed by atoms with Crippen LogP contribution in [0.15, 0.2) is 9.95 Å². The van der Waals surface area contributed by atoms with Gasteiger partial charge in [-0.2, -0.15) is 0 Å². The molecule has 3 heterocycles. The number of amides is 2. The molecule has 1 aliphatic heterocycles. The maximum Gasteiger partial charge on any atom is 0.263 e. The van der Waals surface area contributed by atoms with E-state index in [2.05, 4.69) is 0 Å². The number of thiophene rings is 1. The van der Waals surface area contributed by atoms with E-state index >= 15 is 0 Å². The van der Waals surface area contributed by atoms with Crippen molar-refractivity contribution in [2.75, 3.05) is 12.3 Å². The normalized spacial score (nSPS) is 15.2. The minimum Gasteiger partial charge on any atom is -0.284 e. The molecule has 0 unspecified atom stereocenters. The molecule has 0 spiro atoms. The number of hydrogen-bond acceptors (Lipinski definition) is 6. The van der Waals surface area contributed by atoms with Crippen LogP contribution in [0.3, 0.4) is 0 Å². The molecule has 0 saturated carbocycles. The lowest BCUT2D eigenvalue weighted by Crippen LogP contribution is -2.31. The maximum atomic E-state index is 12.9. The van der Waals surface area contributed by atoms with E-state index in [0.29, 0.717) is 35.7 Å². The number of hydrogen-bond donors (Lipinski definition) is 0. The van der Waals surface area contributed by atoms with Crippen LogP contribution in [0.25, 0.3) is 10.2 Å². The van der Waals surface area contributed by atoms with Gasteiger partial charge in [0.05, 0.1) is 5.39 Å². The molecule has 0 aromatic carbocycles. The molecule has 0 atom stereocenters. The van der Waals surface area contributed by atoms with Gasteiger partial charge in [0, 0.05) is 36.1 Å². The van der Waals surface area contributed by atoms with Gasteiger partial charge in [-0.15, -0.1) is 11.3 Å². The summed E-state index contributed by atoms with van der Waals surface area (Å²) in [7, 11) is 0. The third-order valence-electron chi connectivity index (χ3n) is 4.42. The highest BCUT2D eigenvalue weighted by molar-refractivity contribution is 7.99. The Hall–Kier alpha value is -1.67. The number of likely N-dealkylation sites (tertiary alicyclic amines) is 1. The zero-order valence-electron chi connectivity index (χ0n) is 14.8. The molecule has 0 aliphatic carbocycles. The first-order valence-electron chi connectivity index (χ1n) is 8.29. The van der Waals surface area contributed by atoms with Crippen LogP contribution in [-0.2, 0) is 9.59 Å². The minimum absolute atomic E-state index is 0.0124. The van der Waals surface area contributed by atoms with E-state index < -0.39 is 0 Å². The third kappa shape index (κ3) is 3.25. The lowest BCUT2D eigenvalue weighted by molar-refractivity contribution is -0.137. The smallest absolute Gasteiger partial charge is 0.263 e. The summed E-state index contributed by atoms with van der Waals surface area (Å²) in [5, 5.41) is 1.35. The fourth-order valence-electron chi connectivity index (χ4n) is 2.95. The van der Waals surface area contributed by atoms with E-state index in [0.717, 1.165) is 15.3 Å². The third-order valence-corrected chi connectivity index (χ3v) is 6.45. The number of aryl methyl sites for hydroxylation is 2. The Labute approximate surface area is 154 Å². The van der Waals surface area contributed by atoms with Crippen molar-refractivity contribution >= 4 is 45.1 Å². The molecular formula is C17H21N3O3S2. The predicted molar refractivity (Wildman–Crippen MR) is 100 cm³/mol. The highest BCUT2D eigenvalue weighted by Gasteiger charge is 2.28. The quantitative estimate of drug-likeness (QED) is 0.454. The number of thioether (sulfide) groups is 1. The zero-order chi connectivity index (χ0) is 18.3. The summed E-state index contributed by atoms with van der Waals surface area (Å²) in [6.07, 6.45) is 0.607. The van der Waals surface area contributed by atoms with Crippen molar-refractivity contribution < 1.29 is 9.59 Å². The monoisotopic (exact) mass is 379 g/mol. The molecule has 1 saturated heterocycles. The summed E-state index contributed by atoms with van der Waals surface area (Å²) < 4.78 is 1.71. The Kier molecular flexibility index (Phi) is 5.02. The van der Waals surface area contributed by atoms with Gasteiger partial charge in [0.15, 0.2) is 5.16 Å². The maximum absolute atomic E-state index is 12.9. The van der Waals surface area contributed by atoms with E-state index in [1.54, 1.807) is 4.57 Å². The van der Waals surface area contributed by atoms with E-state index in [9.17, 15) is 14.4 Å². The first-order chi connectivity index (χ1) is 11.8. The Morgan fingerprint density at radius 2 is 1.80 bits per heavy atom. The van der Waals surface area contributed by atoms with Gasteiger partial charge in [-0.1, -0.05) is 11.8 Å². The Morgan fingerprint density at radius 3 is 2.40 bits per heavy atom. The molecule has 3 rings (SSSR count). The van der Waals surface area contributed by atoms with Crippen LogP contribution in [0.4, 0.5) is 0 Å². The van der Waals surface area contributed by atoms with Crippen molar-refractivity contribution in [3.8, 4) is 0 Å². The number of rotatable bonds is 5. The highest BCUT2D eigenvalue weighted by Crippen LogP contribution is 2.29. The molecule has 6 nitrogen and oxygen atoms in total. The molecule has 2 amide bonds. The number of fused-ring (bicyclic) bond motifs is 1. The van der Waals surface area contributed by atoms with Crippen molar-refractivity contribution in [1.29, 1.82) is 0 Å². The van der Waals surface area contributed by atoms with Gasteiger partial charge in [0.2, 0.25) is 11.8 Å². The minimum atomic E-state index is -0.111. The van der Waals surface area contributed by atoms with E-state index in [1.807, 2.05) is 27.7 Å². The molecule has 8 heteroatoms. The fraction of sp³-hybridized carbons (Fsp3) is 0.529. The molecule has 2 aromatic rings. The number of imide groups is 1. The van der Waals surface area contributed by atoms with E-state index in [1.165, 1.54) is 28.0 Å². The van der Waals surface area contributed by atoms with Gasteiger partial charge in [-0.05, 0) is 33.3 Å². The lowest BCUT2D eigenvalue weighted by Gasteiger charge is -2.17. The summed E-state index contributed by atoms with van der Waals surface area (Å²) >= 11 is 2.95. The number of aromatic nitrogens is 2. The Bertz CT molecular complexity index is 898. The van der Waals surface area contributed by atoms with E-state index in [4.69, 9.17) is 4.98 Å². The van der Waals surface area contributed by atoms with Crippen LogP contribution >= 0.6 is 23.1 Å². The summed E-state index contributed by atoms with van der Waals surface area (Å²) in [4.78, 5) is 44.2. The molecule has 25 heavy (non-hydrogen) atoms. The lowest BCUT2D eigenvalue weighted by atomic mass is 10.2. The highest BCUT2D eigenvalue weighted by atomic mass is 32.2. The van der Waals surface area contributed by atoms with Crippen LogP contribution in [0, 0.1) is 13.8 Å². The number of carbonyl (C=O) groups excluding carboxylic acids is 2. The van der Waals surface area contributed by atoms with Crippen molar-refractivity contribution in [3.05, 3.63) is 20.8 Å². The summed E-state index contributed by atoms with van der Waals surface area (Å²) in [5.74, 6) is 0.311. The second-order valence-corrected chi connectivity index (χ2v) is 8.68. The molecular weight excluding hydrogens is 358 g/mol. The van der Waals surface area contributed by atoms with Crippen LogP contribution in [0.1, 0.15) is 43.2 Å². The molecule has 0 N–H and O–H groups in total. The molecule has 134 valence electrons. The van der Waals surface area contributed by atoms with Gasteiger partial charge < -0.3 is 0 Å². The van der Waals surface area contributed by atoms with Gasteiger partial charge in [0.25, 0.3) is 5.56 Å². The molecule has 0 bridgehead atoms. The van der Waals surface area contributed by atoms with Crippen molar-refractivity contribution in [2.45, 2.75) is 51.7 Å². The standard InChI is InChI=1S/C17H21N3O3S2/c1-9(2)20-16(23)14-10(3)11(4)25-15(14)18-17(20)24-8-7-19-12(21)5-6-13(19)22/h9H,5-8H2,1-4H3. The number of carbonyl (C=O) groups is 2. The largest absolute Gasteiger partial charge is 0.284 e. The van der Waals surface area contributed by atoms with Gasteiger partial charge in [-0.25, -0.2) is 4.98 Å². The van der Waals surface area contributed by atoms with Crippen LogP contribution in [0.5, 0.6) is 0 Å². The molecule has 0 radical (unpaired) electrons. The van der Waals surface area contributed by atoms with Crippen LogP contribution in [0.2, 0.25) is 0 Å². The topological polar surface area (TPSA) is 72.3 Å². The number of nitrogens with zero attached hydrogens (tertiary/aromatic N) is 3. The zero-order valence-corrected chi connectivity index (χ0v) is 16.4. The van der Waals surface area contributed by atoms with Gasteiger partial charge in [-0.3, -0.25) is 23.9 Å². The Morgan fingerprint density at radius 1 is 1.16 bits per heavy atom.